The van der Waals surface area contributed by atoms with Crippen molar-refractivity contribution in [3.8, 4) is 0 Å². The maximum absolute atomic E-state index is 13.8. The van der Waals surface area contributed by atoms with Gasteiger partial charge < -0.3 is 5.32 Å². The van der Waals surface area contributed by atoms with Crippen molar-refractivity contribution in [1.29, 1.82) is 0 Å². The fourth-order valence-corrected chi connectivity index (χ4v) is 5.30. The highest BCUT2D eigenvalue weighted by Gasteiger charge is 2.32. The number of amides is 1. The van der Waals surface area contributed by atoms with Crippen LogP contribution in [0.5, 0.6) is 0 Å². The van der Waals surface area contributed by atoms with Crippen molar-refractivity contribution in [3.05, 3.63) is 65.0 Å². The fraction of sp³-hybridized carbons (Fsp3) is 0.409. The molecule has 1 N–H and O–H groups in total. The Kier molecular flexibility index (Phi) is 6.70. The molecule has 156 valence electrons. The highest BCUT2D eigenvalue weighted by molar-refractivity contribution is 7.88. The van der Waals surface area contributed by atoms with Crippen molar-refractivity contribution in [2.75, 3.05) is 18.4 Å². The quantitative estimate of drug-likeness (QED) is 0.774. The summed E-state index contributed by atoms with van der Waals surface area (Å²) >= 11 is 0. The molecule has 0 aromatic heterocycles. The molecule has 1 aliphatic rings. The van der Waals surface area contributed by atoms with Crippen molar-refractivity contribution in [2.24, 2.45) is 5.92 Å². The topological polar surface area (TPSA) is 66.5 Å². The second-order valence-electron chi connectivity index (χ2n) is 7.47. The molecule has 2 aromatic rings. The van der Waals surface area contributed by atoms with Gasteiger partial charge >= 0.3 is 0 Å². The van der Waals surface area contributed by atoms with Crippen LogP contribution in [0.3, 0.4) is 0 Å². The first-order valence-electron chi connectivity index (χ1n) is 9.92. The molecule has 1 fully saturated rings. The van der Waals surface area contributed by atoms with Gasteiger partial charge in [-0.05, 0) is 43.4 Å². The molecule has 3 rings (SSSR count). The third-order valence-corrected chi connectivity index (χ3v) is 7.33. The van der Waals surface area contributed by atoms with Crippen LogP contribution in [0.25, 0.3) is 0 Å². The van der Waals surface area contributed by atoms with Crippen molar-refractivity contribution in [3.63, 3.8) is 0 Å². The molecule has 5 nitrogen and oxygen atoms in total. The molecule has 0 atom stereocenters. The molecule has 0 unspecified atom stereocenters. The van der Waals surface area contributed by atoms with Gasteiger partial charge in [-0.15, -0.1) is 0 Å². The number of hydrogen-bond donors (Lipinski definition) is 1. The van der Waals surface area contributed by atoms with Crippen LogP contribution >= 0.6 is 0 Å². The van der Waals surface area contributed by atoms with Crippen LogP contribution in [0.4, 0.5) is 10.1 Å². The number of rotatable bonds is 6. The highest BCUT2D eigenvalue weighted by atomic mass is 32.2. The average Bonchev–Trinajstić information content (AvgIpc) is 2.71. The van der Waals surface area contributed by atoms with Crippen LogP contribution in [-0.2, 0) is 27.0 Å². The minimum Gasteiger partial charge on any atom is -0.325 e. The third-order valence-electron chi connectivity index (χ3n) is 5.50. The Morgan fingerprint density at radius 2 is 1.76 bits per heavy atom. The predicted molar refractivity (Wildman–Crippen MR) is 113 cm³/mol. The molecule has 7 heteroatoms. The highest BCUT2D eigenvalue weighted by Crippen LogP contribution is 2.26. The van der Waals surface area contributed by atoms with E-state index >= 15 is 0 Å². The lowest BCUT2D eigenvalue weighted by atomic mass is 9.96. The van der Waals surface area contributed by atoms with E-state index in [1.165, 1.54) is 22.5 Å². The molecule has 1 aliphatic heterocycles. The predicted octanol–water partition coefficient (Wildman–Crippen LogP) is 3.88. The summed E-state index contributed by atoms with van der Waals surface area (Å²) in [4.78, 5) is 12.8. The van der Waals surface area contributed by atoms with Crippen LogP contribution < -0.4 is 5.32 Å². The summed E-state index contributed by atoms with van der Waals surface area (Å²) in [6.07, 6.45) is 1.73. The number of anilines is 1. The first-order chi connectivity index (χ1) is 13.8. The summed E-state index contributed by atoms with van der Waals surface area (Å²) in [6, 6.07) is 11.8. The van der Waals surface area contributed by atoms with Gasteiger partial charge in [0.2, 0.25) is 15.9 Å². The summed E-state index contributed by atoms with van der Waals surface area (Å²) in [5.74, 6) is -1.19. The van der Waals surface area contributed by atoms with Gasteiger partial charge in [-0.25, -0.2) is 17.1 Å². The minimum absolute atomic E-state index is 0.0693. The molecule has 2 aromatic carbocycles. The van der Waals surface area contributed by atoms with Crippen LogP contribution in [0.1, 0.15) is 36.5 Å². The van der Waals surface area contributed by atoms with Crippen LogP contribution in [0, 0.1) is 18.7 Å². The van der Waals surface area contributed by atoms with E-state index in [9.17, 15) is 17.6 Å². The molecule has 0 saturated carbocycles. The van der Waals surface area contributed by atoms with Gasteiger partial charge in [0.05, 0.1) is 5.75 Å². The van der Waals surface area contributed by atoms with Gasteiger partial charge in [-0.2, -0.15) is 0 Å². The molecule has 1 amide bonds. The number of carbonyl (C=O) groups is 1. The third kappa shape index (κ3) is 5.03. The Morgan fingerprint density at radius 1 is 1.10 bits per heavy atom. The SMILES string of the molecule is CCc1cccc(C)c1NC(=O)C1CCN(S(=O)(=O)Cc2ccccc2F)CC1. The number of nitrogens with zero attached hydrogens (tertiary/aromatic N) is 1. The minimum atomic E-state index is -3.62. The average molecular weight is 419 g/mol. The summed E-state index contributed by atoms with van der Waals surface area (Å²) in [6.45, 7) is 4.54. The number of halogens is 1. The molecular weight excluding hydrogens is 391 g/mol. The Balaban J connectivity index is 1.61. The Morgan fingerprint density at radius 3 is 2.41 bits per heavy atom. The lowest BCUT2D eigenvalue weighted by Crippen LogP contribution is -2.42. The lowest BCUT2D eigenvalue weighted by Gasteiger charge is -2.31. The number of benzene rings is 2. The molecule has 0 bridgehead atoms. The van der Waals surface area contributed by atoms with E-state index in [2.05, 4.69) is 5.32 Å². The number of piperidine rings is 1. The van der Waals surface area contributed by atoms with Crippen molar-refractivity contribution in [1.82, 2.24) is 4.31 Å². The van der Waals surface area contributed by atoms with Crippen LogP contribution in [-0.4, -0.2) is 31.7 Å². The first kappa shape index (κ1) is 21.5. The Labute approximate surface area is 172 Å². The molecular formula is C22H27FN2O3S. The number of para-hydroxylation sites is 1. The zero-order valence-electron chi connectivity index (χ0n) is 16.8. The molecule has 0 aliphatic carbocycles. The lowest BCUT2D eigenvalue weighted by molar-refractivity contribution is -0.120. The second kappa shape index (κ2) is 9.05. The molecule has 0 spiro atoms. The fourth-order valence-electron chi connectivity index (χ4n) is 3.73. The molecule has 1 saturated heterocycles. The summed E-state index contributed by atoms with van der Waals surface area (Å²) < 4.78 is 40.5. The first-order valence-corrected chi connectivity index (χ1v) is 11.5. The molecule has 0 radical (unpaired) electrons. The van der Waals surface area contributed by atoms with Gasteiger partial charge in [0.25, 0.3) is 0 Å². The van der Waals surface area contributed by atoms with Gasteiger partial charge in [0, 0.05) is 30.3 Å². The van der Waals surface area contributed by atoms with Crippen molar-refractivity contribution in [2.45, 2.75) is 38.9 Å². The van der Waals surface area contributed by atoms with E-state index in [0.717, 1.165) is 23.2 Å². The zero-order valence-corrected chi connectivity index (χ0v) is 17.6. The summed E-state index contributed by atoms with van der Waals surface area (Å²) in [5, 5.41) is 3.04. The monoisotopic (exact) mass is 418 g/mol. The summed E-state index contributed by atoms with van der Waals surface area (Å²) in [5.41, 5.74) is 3.12. The van der Waals surface area contributed by atoms with Crippen molar-refractivity contribution >= 4 is 21.6 Å². The van der Waals surface area contributed by atoms with Gasteiger partial charge in [0.1, 0.15) is 5.82 Å². The van der Waals surface area contributed by atoms with E-state index < -0.39 is 15.8 Å². The summed E-state index contributed by atoms with van der Waals surface area (Å²) in [7, 11) is -3.62. The van der Waals surface area contributed by atoms with E-state index in [1.807, 2.05) is 32.0 Å². The molecule has 29 heavy (non-hydrogen) atoms. The normalized spacial score (nSPS) is 16.0. The van der Waals surface area contributed by atoms with Gasteiger partial charge in [-0.3, -0.25) is 4.79 Å². The van der Waals surface area contributed by atoms with E-state index in [-0.39, 0.29) is 36.2 Å². The van der Waals surface area contributed by atoms with Gasteiger partial charge in [0.15, 0.2) is 0 Å². The smallest absolute Gasteiger partial charge is 0.227 e. The number of carbonyl (C=O) groups excluding carboxylic acids is 1. The number of aryl methyl sites for hydroxylation is 2. The molecule has 1 heterocycles. The van der Waals surface area contributed by atoms with Crippen LogP contribution in [0.2, 0.25) is 0 Å². The van der Waals surface area contributed by atoms with E-state index in [1.54, 1.807) is 6.07 Å². The standard InChI is InChI=1S/C22H27FN2O3S/c1-3-17-9-6-7-16(2)21(17)24-22(26)18-11-13-25(14-12-18)29(27,28)15-19-8-4-5-10-20(19)23/h4-10,18H,3,11-15H2,1-2H3,(H,24,26). The Hall–Kier alpha value is -2.25. The maximum atomic E-state index is 13.8. The van der Waals surface area contributed by atoms with E-state index in [4.69, 9.17) is 0 Å². The zero-order chi connectivity index (χ0) is 21.0. The van der Waals surface area contributed by atoms with Crippen LogP contribution in [0.15, 0.2) is 42.5 Å². The van der Waals surface area contributed by atoms with E-state index in [0.29, 0.717) is 12.8 Å². The number of nitrogens with one attached hydrogen (secondary N) is 1. The number of sulfonamides is 1. The maximum Gasteiger partial charge on any atom is 0.227 e. The second-order valence-corrected chi connectivity index (χ2v) is 9.44. The van der Waals surface area contributed by atoms with Gasteiger partial charge in [-0.1, -0.05) is 43.3 Å². The van der Waals surface area contributed by atoms with Crippen molar-refractivity contribution < 1.29 is 17.6 Å². The largest absolute Gasteiger partial charge is 0.325 e. The number of hydrogen-bond acceptors (Lipinski definition) is 3. The Bertz CT molecular complexity index is 983.